The minimum atomic E-state index is -1.06. The van der Waals surface area contributed by atoms with E-state index in [2.05, 4.69) is 19.9 Å². The molecule has 0 amide bonds. The molecule has 0 fully saturated rings. The zero-order valence-electron chi connectivity index (χ0n) is 16.4. The van der Waals surface area contributed by atoms with E-state index in [-0.39, 0.29) is 17.5 Å². The van der Waals surface area contributed by atoms with Gasteiger partial charge in [-0.2, -0.15) is 0 Å². The molecule has 0 aromatic heterocycles. The predicted molar refractivity (Wildman–Crippen MR) is 109 cm³/mol. The zero-order chi connectivity index (χ0) is 20.3. The molecule has 1 aliphatic carbocycles. The molecular formula is C25H22O4. The van der Waals surface area contributed by atoms with Gasteiger partial charge in [-0.1, -0.05) is 38.1 Å². The Morgan fingerprint density at radius 1 is 0.931 bits per heavy atom. The van der Waals surface area contributed by atoms with Gasteiger partial charge in [0.15, 0.2) is 5.60 Å². The number of aromatic hydroxyl groups is 2. The average Bonchev–Trinajstić information content (AvgIpc) is 2.99. The van der Waals surface area contributed by atoms with Crippen molar-refractivity contribution in [3.05, 3.63) is 93.5 Å². The molecule has 5 rings (SSSR count). The molecule has 1 heterocycles. The molecule has 1 aliphatic heterocycles. The van der Waals surface area contributed by atoms with Gasteiger partial charge in [-0.15, -0.1) is 0 Å². The lowest BCUT2D eigenvalue weighted by molar-refractivity contribution is 0.0240. The summed E-state index contributed by atoms with van der Waals surface area (Å²) in [7, 11) is 0. The molecule has 2 aliphatic rings. The molecule has 1 atom stereocenters. The molecule has 0 radical (unpaired) electrons. The fraction of sp³-hybridized carbons (Fsp3) is 0.240. The summed E-state index contributed by atoms with van der Waals surface area (Å²) in [4.78, 5) is 13.0. The Balaban J connectivity index is 1.82. The lowest BCUT2D eigenvalue weighted by atomic mass is 9.71. The molecule has 1 spiro atoms. The fourth-order valence-corrected chi connectivity index (χ4v) is 4.72. The molecule has 4 heteroatoms. The summed E-state index contributed by atoms with van der Waals surface area (Å²) in [5.41, 5.74) is 4.94. The largest absolute Gasteiger partial charge is 0.508 e. The van der Waals surface area contributed by atoms with Crippen molar-refractivity contribution < 1.29 is 19.7 Å². The quantitative estimate of drug-likeness (QED) is 0.610. The number of rotatable bonds is 2. The van der Waals surface area contributed by atoms with Crippen molar-refractivity contribution in [3.63, 3.8) is 0 Å². The van der Waals surface area contributed by atoms with Crippen LogP contribution in [0.2, 0.25) is 0 Å². The van der Waals surface area contributed by atoms with Gasteiger partial charge in [0, 0.05) is 16.7 Å². The first-order valence-electron chi connectivity index (χ1n) is 9.96. The van der Waals surface area contributed by atoms with Crippen LogP contribution in [-0.4, -0.2) is 16.2 Å². The monoisotopic (exact) mass is 386 g/mol. The van der Waals surface area contributed by atoms with Crippen molar-refractivity contribution in [3.8, 4) is 11.5 Å². The number of benzene rings is 3. The van der Waals surface area contributed by atoms with Gasteiger partial charge in [0.05, 0.1) is 5.56 Å². The molecule has 3 aromatic carbocycles. The third kappa shape index (κ3) is 2.42. The minimum absolute atomic E-state index is 0.166. The molecule has 0 saturated carbocycles. The molecule has 2 N–H and O–H groups in total. The number of carbonyl (C=O) groups excluding carboxylic acids is 1. The van der Waals surface area contributed by atoms with Gasteiger partial charge >= 0.3 is 5.97 Å². The van der Waals surface area contributed by atoms with E-state index < -0.39 is 5.60 Å². The summed E-state index contributed by atoms with van der Waals surface area (Å²) in [5.74, 6) is 0.341. The Morgan fingerprint density at radius 2 is 1.52 bits per heavy atom. The van der Waals surface area contributed by atoms with Crippen molar-refractivity contribution in [2.75, 3.05) is 0 Å². The Labute approximate surface area is 169 Å². The summed E-state index contributed by atoms with van der Waals surface area (Å²) in [6.07, 6.45) is 1.54. The van der Waals surface area contributed by atoms with Crippen LogP contribution in [0.1, 0.15) is 69.9 Å². The third-order valence-corrected chi connectivity index (χ3v) is 6.39. The lowest BCUT2D eigenvalue weighted by Gasteiger charge is -2.37. The first-order chi connectivity index (χ1) is 13.9. The Hall–Kier alpha value is -3.27. The van der Waals surface area contributed by atoms with E-state index in [0.717, 1.165) is 39.8 Å². The minimum Gasteiger partial charge on any atom is -0.508 e. The van der Waals surface area contributed by atoms with Crippen LogP contribution in [-0.2, 0) is 16.8 Å². The first-order valence-corrected chi connectivity index (χ1v) is 9.96. The molecule has 1 unspecified atom stereocenters. The number of hydrogen-bond acceptors (Lipinski definition) is 4. The molecule has 3 aromatic rings. The van der Waals surface area contributed by atoms with E-state index in [1.165, 1.54) is 0 Å². The number of esters is 1. The van der Waals surface area contributed by atoms with Gasteiger partial charge in [0.25, 0.3) is 0 Å². The Morgan fingerprint density at radius 3 is 2.10 bits per heavy atom. The highest BCUT2D eigenvalue weighted by Crippen LogP contribution is 2.53. The maximum atomic E-state index is 13.0. The van der Waals surface area contributed by atoms with Crippen LogP contribution in [0.15, 0.2) is 54.6 Å². The van der Waals surface area contributed by atoms with Crippen molar-refractivity contribution in [1.29, 1.82) is 0 Å². The van der Waals surface area contributed by atoms with Crippen LogP contribution in [0.25, 0.3) is 0 Å². The molecule has 29 heavy (non-hydrogen) atoms. The smallest absolute Gasteiger partial charge is 0.340 e. The Bertz CT molecular complexity index is 1110. The number of ether oxygens (including phenoxy) is 1. The van der Waals surface area contributed by atoms with E-state index in [0.29, 0.717) is 17.9 Å². The van der Waals surface area contributed by atoms with Crippen LogP contribution in [0, 0.1) is 0 Å². The topological polar surface area (TPSA) is 66.8 Å². The van der Waals surface area contributed by atoms with Crippen LogP contribution in [0.4, 0.5) is 0 Å². The summed E-state index contributed by atoms with van der Waals surface area (Å²) in [6, 6.07) is 16.4. The van der Waals surface area contributed by atoms with Gasteiger partial charge < -0.3 is 14.9 Å². The highest BCUT2D eigenvalue weighted by molar-refractivity contribution is 5.97. The lowest BCUT2D eigenvalue weighted by Crippen LogP contribution is -2.34. The SMILES string of the molecule is CCC(C)c1ccc2c(c1)C(=O)OC21c2ccc(O)cc2Cc2cc(O)ccc21. The molecular weight excluding hydrogens is 364 g/mol. The number of hydrogen-bond donors (Lipinski definition) is 2. The van der Waals surface area contributed by atoms with Crippen LogP contribution in [0.5, 0.6) is 11.5 Å². The first kappa shape index (κ1) is 17.8. The molecule has 146 valence electrons. The van der Waals surface area contributed by atoms with Crippen LogP contribution >= 0.6 is 0 Å². The van der Waals surface area contributed by atoms with Crippen molar-refractivity contribution in [2.24, 2.45) is 0 Å². The van der Waals surface area contributed by atoms with Gasteiger partial charge in [-0.05, 0) is 65.8 Å². The number of phenols is 2. The molecule has 0 saturated heterocycles. The maximum Gasteiger partial charge on any atom is 0.340 e. The van der Waals surface area contributed by atoms with E-state index >= 15 is 0 Å². The summed E-state index contributed by atoms with van der Waals surface area (Å²) >= 11 is 0. The number of carbonyl (C=O) groups is 1. The highest BCUT2D eigenvalue weighted by Gasteiger charge is 2.52. The maximum absolute atomic E-state index is 13.0. The second-order valence-corrected chi connectivity index (χ2v) is 8.04. The standard InChI is InChI=1S/C25H22O4/c1-3-14(2)15-4-7-23-20(13-15)24(28)29-25(23)21-8-5-18(26)11-16(21)10-17-12-19(27)6-9-22(17)25/h4-9,11-14,26-27H,3,10H2,1-2H3. The second-order valence-electron chi connectivity index (χ2n) is 8.04. The highest BCUT2D eigenvalue weighted by atomic mass is 16.6. The van der Waals surface area contributed by atoms with Crippen molar-refractivity contribution in [1.82, 2.24) is 0 Å². The van der Waals surface area contributed by atoms with Gasteiger partial charge in [-0.3, -0.25) is 0 Å². The van der Waals surface area contributed by atoms with E-state index in [1.807, 2.05) is 24.3 Å². The van der Waals surface area contributed by atoms with Gasteiger partial charge in [0.2, 0.25) is 0 Å². The van der Waals surface area contributed by atoms with E-state index in [4.69, 9.17) is 4.74 Å². The van der Waals surface area contributed by atoms with Gasteiger partial charge in [0.1, 0.15) is 11.5 Å². The summed E-state index contributed by atoms with van der Waals surface area (Å²) in [5, 5.41) is 20.1. The fourth-order valence-electron chi connectivity index (χ4n) is 4.72. The summed E-state index contributed by atoms with van der Waals surface area (Å²) in [6.45, 7) is 4.28. The van der Waals surface area contributed by atoms with E-state index in [9.17, 15) is 15.0 Å². The molecule has 0 bridgehead atoms. The predicted octanol–water partition coefficient (Wildman–Crippen LogP) is 4.98. The normalized spacial score (nSPS) is 16.7. The second kappa shape index (κ2) is 6.11. The third-order valence-electron chi connectivity index (χ3n) is 6.39. The van der Waals surface area contributed by atoms with Gasteiger partial charge in [-0.25, -0.2) is 4.79 Å². The van der Waals surface area contributed by atoms with Crippen molar-refractivity contribution in [2.45, 2.75) is 38.2 Å². The van der Waals surface area contributed by atoms with Crippen LogP contribution in [0.3, 0.4) is 0 Å². The van der Waals surface area contributed by atoms with Crippen molar-refractivity contribution >= 4 is 5.97 Å². The Kier molecular flexibility index (Phi) is 3.75. The van der Waals surface area contributed by atoms with E-state index in [1.54, 1.807) is 24.3 Å². The number of phenolic OH excluding ortho intramolecular Hbond substituents is 2. The van der Waals surface area contributed by atoms with Crippen LogP contribution < -0.4 is 0 Å². The zero-order valence-corrected chi connectivity index (χ0v) is 16.4. The summed E-state index contributed by atoms with van der Waals surface area (Å²) < 4.78 is 6.16. The average molecular weight is 386 g/mol. The molecule has 4 nitrogen and oxygen atoms in total. The number of fused-ring (bicyclic) bond motifs is 6.